The van der Waals surface area contributed by atoms with Crippen molar-refractivity contribution in [1.82, 2.24) is 9.97 Å². The summed E-state index contributed by atoms with van der Waals surface area (Å²) in [4.78, 5) is 8.20. The summed E-state index contributed by atoms with van der Waals surface area (Å²) in [5.74, 6) is 1.55. The van der Waals surface area contributed by atoms with E-state index in [4.69, 9.17) is 22.1 Å². The first-order valence-electron chi connectivity index (χ1n) is 4.63. The van der Waals surface area contributed by atoms with Crippen LogP contribution in [0.5, 0.6) is 5.75 Å². The summed E-state index contributed by atoms with van der Waals surface area (Å²) >= 11 is 5.75. The summed E-state index contributed by atoms with van der Waals surface area (Å²) < 4.78 is 5.12. The maximum Gasteiger partial charge on any atom is 0.161 e. The third kappa shape index (κ3) is 2.06. The largest absolute Gasteiger partial charge is 0.497 e. The summed E-state index contributed by atoms with van der Waals surface area (Å²) in [6.45, 7) is 0. The molecule has 2 aromatic rings. The zero-order valence-corrected chi connectivity index (χ0v) is 9.40. The lowest BCUT2D eigenvalue weighted by Gasteiger charge is -2.04. The van der Waals surface area contributed by atoms with Gasteiger partial charge in [-0.05, 0) is 12.1 Å². The van der Waals surface area contributed by atoms with Crippen LogP contribution >= 0.6 is 11.6 Å². The fourth-order valence-electron chi connectivity index (χ4n) is 1.28. The van der Waals surface area contributed by atoms with Gasteiger partial charge in [0, 0.05) is 5.56 Å². The Bertz CT molecular complexity index is 516. The molecule has 0 spiro atoms. The van der Waals surface area contributed by atoms with Gasteiger partial charge in [0.2, 0.25) is 0 Å². The van der Waals surface area contributed by atoms with Crippen LogP contribution in [0.2, 0.25) is 5.02 Å². The monoisotopic (exact) mass is 235 g/mol. The number of ether oxygens (including phenoxy) is 1. The van der Waals surface area contributed by atoms with E-state index in [2.05, 4.69) is 9.97 Å². The fraction of sp³-hybridized carbons (Fsp3) is 0.0909. The SMILES string of the molecule is COc1cccc(-c2ncc(Cl)c(N)n2)c1. The minimum absolute atomic E-state index is 0.273. The lowest BCUT2D eigenvalue weighted by Crippen LogP contribution is -1.96. The molecule has 1 aromatic heterocycles. The molecule has 1 heterocycles. The topological polar surface area (TPSA) is 61.0 Å². The van der Waals surface area contributed by atoms with Crippen molar-refractivity contribution in [3.63, 3.8) is 0 Å². The number of rotatable bonds is 2. The first-order chi connectivity index (χ1) is 7.70. The van der Waals surface area contributed by atoms with E-state index in [0.717, 1.165) is 11.3 Å². The Morgan fingerprint density at radius 1 is 1.38 bits per heavy atom. The van der Waals surface area contributed by atoms with Crippen LogP contribution in [0, 0.1) is 0 Å². The molecule has 2 N–H and O–H groups in total. The summed E-state index contributed by atoms with van der Waals surface area (Å²) in [5.41, 5.74) is 6.45. The van der Waals surface area contributed by atoms with E-state index in [-0.39, 0.29) is 5.82 Å². The molecular weight excluding hydrogens is 226 g/mol. The van der Waals surface area contributed by atoms with Gasteiger partial charge in [-0.3, -0.25) is 0 Å². The van der Waals surface area contributed by atoms with Gasteiger partial charge in [-0.2, -0.15) is 0 Å². The van der Waals surface area contributed by atoms with Crippen molar-refractivity contribution in [1.29, 1.82) is 0 Å². The summed E-state index contributed by atoms with van der Waals surface area (Å²) in [5, 5.41) is 0.353. The Labute approximate surface area is 98.0 Å². The number of nitrogens with two attached hydrogens (primary N) is 1. The number of methoxy groups -OCH3 is 1. The molecule has 0 fully saturated rings. The Hall–Kier alpha value is -1.81. The highest BCUT2D eigenvalue weighted by atomic mass is 35.5. The molecule has 0 unspecified atom stereocenters. The van der Waals surface area contributed by atoms with Gasteiger partial charge in [-0.15, -0.1) is 0 Å². The van der Waals surface area contributed by atoms with Crippen LogP contribution in [0.4, 0.5) is 5.82 Å². The van der Waals surface area contributed by atoms with Crippen LogP contribution in [0.3, 0.4) is 0 Å². The predicted molar refractivity (Wildman–Crippen MR) is 63.4 cm³/mol. The van der Waals surface area contributed by atoms with E-state index in [1.54, 1.807) is 7.11 Å². The number of halogens is 1. The molecule has 2 rings (SSSR count). The van der Waals surface area contributed by atoms with Gasteiger partial charge in [-0.25, -0.2) is 9.97 Å². The molecule has 4 nitrogen and oxygen atoms in total. The number of benzene rings is 1. The molecule has 16 heavy (non-hydrogen) atoms. The predicted octanol–water partition coefficient (Wildman–Crippen LogP) is 2.39. The van der Waals surface area contributed by atoms with Crippen molar-refractivity contribution < 1.29 is 4.74 Å². The quantitative estimate of drug-likeness (QED) is 0.868. The maximum atomic E-state index is 5.75. The van der Waals surface area contributed by atoms with Gasteiger partial charge in [0.25, 0.3) is 0 Å². The molecule has 0 bridgehead atoms. The fourth-order valence-corrected chi connectivity index (χ4v) is 1.37. The van der Waals surface area contributed by atoms with Gasteiger partial charge >= 0.3 is 0 Å². The van der Waals surface area contributed by atoms with E-state index in [0.29, 0.717) is 10.8 Å². The Morgan fingerprint density at radius 2 is 2.19 bits per heavy atom. The zero-order valence-electron chi connectivity index (χ0n) is 8.64. The molecule has 0 saturated carbocycles. The van der Waals surface area contributed by atoms with Gasteiger partial charge in [0.05, 0.1) is 13.3 Å². The van der Waals surface area contributed by atoms with Crippen molar-refractivity contribution in [3.05, 3.63) is 35.5 Å². The second-order valence-corrected chi connectivity index (χ2v) is 3.57. The van der Waals surface area contributed by atoms with E-state index >= 15 is 0 Å². The third-order valence-corrected chi connectivity index (χ3v) is 2.39. The Balaban J connectivity index is 2.46. The Kier molecular flexibility index (Phi) is 2.92. The number of anilines is 1. The maximum absolute atomic E-state index is 5.75. The molecule has 0 aliphatic carbocycles. The lowest BCUT2D eigenvalue weighted by atomic mass is 10.2. The van der Waals surface area contributed by atoms with Crippen molar-refractivity contribution in [3.8, 4) is 17.1 Å². The molecule has 0 aliphatic rings. The van der Waals surface area contributed by atoms with Crippen molar-refractivity contribution in [2.75, 3.05) is 12.8 Å². The van der Waals surface area contributed by atoms with Crippen LogP contribution in [0.25, 0.3) is 11.4 Å². The molecule has 5 heteroatoms. The number of hydrogen-bond donors (Lipinski definition) is 1. The number of aromatic nitrogens is 2. The molecular formula is C11H10ClN3O. The molecule has 0 atom stereocenters. The Morgan fingerprint density at radius 3 is 2.88 bits per heavy atom. The van der Waals surface area contributed by atoms with Crippen LogP contribution in [-0.4, -0.2) is 17.1 Å². The first-order valence-corrected chi connectivity index (χ1v) is 5.01. The average Bonchev–Trinajstić information content (AvgIpc) is 2.33. The molecule has 0 aliphatic heterocycles. The second-order valence-electron chi connectivity index (χ2n) is 3.16. The van der Waals surface area contributed by atoms with Gasteiger partial charge in [0.15, 0.2) is 5.82 Å². The van der Waals surface area contributed by atoms with Crippen molar-refractivity contribution >= 4 is 17.4 Å². The number of nitrogens with zero attached hydrogens (tertiary/aromatic N) is 2. The van der Waals surface area contributed by atoms with E-state index in [1.165, 1.54) is 6.20 Å². The summed E-state index contributed by atoms with van der Waals surface area (Å²) in [7, 11) is 1.61. The molecule has 0 radical (unpaired) electrons. The van der Waals surface area contributed by atoms with Crippen LogP contribution in [-0.2, 0) is 0 Å². The van der Waals surface area contributed by atoms with E-state index < -0.39 is 0 Å². The van der Waals surface area contributed by atoms with E-state index in [9.17, 15) is 0 Å². The molecule has 82 valence electrons. The zero-order chi connectivity index (χ0) is 11.5. The molecule has 0 amide bonds. The highest BCUT2D eigenvalue weighted by Gasteiger charge is 2.05. The van der Waals surface area contributed by atoms with Crippen LogP contribution < -0.4 is 10.5 Å². The average molecular weight is 236 g/mol. The highest BCUT2D eigenvalue weighted by molar-refractivity contribution is 6.32. The number of hydrogen-bond acceptors (Lipinski definition) is 4. The second kappa shape index (κ2) is 4.37. The summed E-state index contributed by atoms with van der Waals surface area (Å²) in [6, 6.07) is 7.43. The highest BCUT2D eigenvalue weighted by Crippen LogP contribution is 2.23. The summed E-state index contributed by atoms with van der Waals surface area (Å²) in [6.07, 6.45) is 1.48. The standard InChI is InChI=1S/C11H10ClN3O/c1-16-8-4-2-3-7(5-8)11-14-6-9(12)10(13)15-11/h2-6H,1H3,(H2,13,14,15). The minimum atomic E-state index is 0.273. The minimum Gasteiger partial charge on any atom is -0.497 e. The van der Waals surface area contributed by atoms with Crippen molar-refractivity contribution in [2.45, 2.75) is 0 Å². The first kappa shape index (κ1) is 10.7. The van der Waals surface area contributed by atoms with Gasteiger partial charge in [-0.1, -0.05) is 23.7 Å². The normalized spacial score (nSPS) is 10.1. The van der Waals surface area contributed by atoms with Gasteiger partial charge in [0.1, 0.15) is 16.6 Å². The lowest BCUT2D eigenvalue weighted by molar-refractivity contribution is 0.415. The number of nitrogen functional groups attached to an aromatic ring is 1. The third-order valence-electron chi connectivity index (χ3n) is 2.10. The smallest absolute Gasteiger partial charge is 0.161 e. The molecule has 0 saturated heterocycles. The van der Waals surface area contributed by atoms with Crippen LogP contribution in [0.1, 0.15) is 0 Å². The van der Waals surface area contributed by atoms with Crippen molar-refractivity contribution in [2.24, 2.45) is 0 Å². The van der Waals surface area contributed by atoms with E-state index in [1.807, 2.05) is 24.3 Å². The van der Waals surface area contributed by atoms with Gasteiger partial charge < -0.3 is 10.5 Å². The molecule has 1 aromatic carbocycles. The van der Waals surface area contributed by atoms with Crippen LogP contribution in [0.15, 0.2) is 30.5 Å².